The molecule has 1 amide bonds. The van der Waals surface area contributed by atoms with E-state index in [9.17, 15) is 18.0 Å². The second-order valence-electron chi connectivity index (χ2n) is 10.6. The highest BCUT2D eigenvalue weighted by molar-refractivity contribution is 5.99. The zero-order valence-electron chi connectivity index (χ0n) is 23.6. The van der Waals surface area contributed by atoms with Crippen LogP contribution in [0, 0.1) is 6.92 Å². The summed E-state index contributed by atoms with van der Waals surface area (Å²) in [5.41, 5.74) is 2.99. The first-order valence-electron chi connectivity index (χ1n) is 14.1. The zero-order valence-corrected chi connectivity index (χ0v) is 23.6. The maximum Gasteiger partial charge on any atom is 0.416 e. The van der Waals surface area contributed by atoms with Crippen LogP contribution in [-0.4, -0.2) is 36.5 Å². The van der Waals surface area contributed by atoms with Crippen LogP contribution in [-0.2, 0) is 12.7 Å². The molecular formula is C33H35F3N2O3. The first-order chi connectivity index (χ1) is 19.7. The molecule has 1 saturated carbocycles. The average Bonchev–Trinajstić information content (AvgIpc) is 3.32. The van der Waals surface area contributed by atoms with Crippen molar-refractivity contribution in [1.82, 2.24) is 10.2 Å². The first-order valence-corrected chi connectivity index (χ1v) is 14.1. The normalized spacial score (nSPS) is 17.5. The van der Waals surface area contributed by atoms with Gasteiger partial charge in [0.1, 0.15) is 11.3 Å². The molecule has 0 unspecified atom stereocenters. The van der Waals surface area contributed by atoms with Gasteiger partial charge in [-0.3, -0.25) is 4.79 Å². The highest BCUT2D eigenvalue weighted by atomic mass is 19.4. The molecule has 1 aromatic heterocycles. The van der Waals surface area contributed by atoms with Gasteiger partial charge >= 0.3 is 6.18 Å². The summed E-state index contributed by atoms with van der Waals surface area (Å²) in [5.74, 6) is 0.805. The van der Waals surface area contributed by atoms with Crippen LogP contribution in [0.25, 0.3) is 22.1 Å². The predicted octanol–water partition coefficient (Wildman–Crippen LogP) is 8.00. The zero-order chi connectivity index (χ0) is 29.1. The lowest BCUT2D eigenvalue weighted by molar-refractivity contribution is -0.137. The number of benzene rings is 3. The monoisotopic (exact) mass is 564 g/mol. The van der Waals surface area contributed by atoms with Crippen molar-refractivity contribution in [3.05, 3.63) is 89.2 Å². The number of alkyl halides is 3. The number of furan rings is 1. The van der Waals surface area contributed by atoms with Gasteiger partial charge < -0.3 is 19.4 Å². The number of carbonyl (C=O) groups excluding carboxylic acids is 1. The Kier molecular flexibility index (Phi) is 8.40. The number of amides is 1. The molecule has 41 heavy (non-hydrogen) atoms. The standard InChI is InChI=1S/C33H35F3N2O3/c1-4-40-29-18-11-23(22-9-12-25(13-10-22)33(34,35)36)19-24(29)20-38(27-16-14-26(37-3)15-17-27)32(39)31-21(2)28-7-5-6-8-30(28)41-31/h5-13,18-19,26-27,37H,4,14-17,20H2,1-3H3. The summed E-state index contributed by atoms with van der Waals surface area (Å²) < 4.78 is 51.5. The Balaban J connectivity index is 1.52. The van der Waals surface area contributed by atoms with Crippen LogP contribution in [0.2, 0.25) is 0 Å². The second kappa shape index (κ2) is 12.0. The molecule has 5 rings (SSSR count). The summed E-state index contributed by atoms with van der Waals surface area (Å²) in [6.45, 7) is 4.53. The third kappa shape index (κ3) is 6.12. The number of ether oxygens (including phenoxy) is 1. The Hall–Kier alpha value is -3.78. The lowest BCUT2D eigenvalue weighted by Crippen LogP contribution is -2.44. The van der Waals surface area contributed by atoms with Crippen molar-refractivity contribution < 1.29 is 27.1 Å². The summed E-state index contributed by atoms with van der Waals surface area (Å²) in [6.07, 6.45) is -0.801. The lowest BCUT2D eigenvalue weighted by Gasteiger charge is -2.37. The topological polar surface area (TPSA) is 54.7 Å². The molecule has 1 aliphatic carbocycles. The molecule has 216 valence electrons. The van der Waals surface area contributed by atoms with Crippen molar-refractivity contribution in [1.29, 1.82) is 0 Å². The van der Waals surface area contributed by atoms with Crippen molar-refractivity contribution in [3.63, 3.8) is 0 Å². The molecule has 1 N–H and O–H groups in total. The van der Waals surface area contributed by atoms with E-state index in [2.05, 4.69) is 5.32 Å². The summed E-state index contributed by atoms with van der Waals surface area (Å²) in [7, 11) is 1.97. The number of aryl methyl sites for hydroxylation is 1. The van der Waals surface area contributed by atoms with Gasteiger partial charge in [0.15, 0.2) is 5.76 Å². The van der Waals surface area contributed by atoms with Gasteiger partial charge in [-0.15, -0.1) is 0 Å². The molecule has 8 heteroatoms. The van der Waals surface area contributed by atoms with Gasteiger partial charge in [-0.1, -0.05) is 36.4 Å². The minimum absolute atomic E-state index is 0.00362. The van der Waals surface area contributed by atoms with Gasteiger partial charge in [-0.25, -0.2) is 0 Å². The van der Waals surface area contributed by atoms with Crippen LogP contribution in [0.3, 0.4) is 0 Å². The van der Waals surface area contributed by atoms with Crippen LogP contribution < -0.4 is 10.1 Å². The van der Waals surface area contributed by atoms with E-state index >= 15 is 0 Å². The molecular weight excluding hydrogens is 529 g/mol. The number of rotatable bonds is 8. The molecule has 0 aliphatic heterocycles. The van der Waals surface area contributed by atoms with E-state index in [-0.39, 0.29) is 18.5 Å². The van der Waals surface area contributed by atoms with Crippen LogP contribution in [0.4, 0.5) is 13.2 Å². The minimum atomic E-state index is -4.40. The SMILES string of the molecule is CCOc1ccc(-c2ccc(C(F)(F)F)cc2)cc1CN(C(=O)c1oc2ccccc2c1C)C1CCC(NC)CC1. The number of fused-ring (bicyclic) bond motifs is 1. The number of halogens is 3. The molecule has 1 heterocycles. The molecule has 1 fully saturated rings. The molecule has 5 nitrogen and oxygen atoms in total. The van der Waals surface area contributed by atoms with Crippen LogP contribution in [0.15, 0.2) is 71.1 Å². The summed E-state index contributed by atoms with van der Waals surface area (Å²) >= 11 is 0. The smallest absolute Gasteiger partial charge is 0.416 e. The van der Waals surface area contributed by atoms with E-state index in [1.807, 2.05) is 68.3 Å². The Morgan fingerprint density at radius 3 is 2.32 bits per heavy atom. The maximum absolute atomic E-state index is 14.2. The number of carbonyl (C=O) groups is 1. The Morgan fingerprint density at radius 2 is 1.68 bits per heavy atom. The molecule has 1 aliphatic rings. The van der Waals surface area contributed by atoms with Crippen molar-refractivity contribution in [3.8, 4) is 16.9 Å². The number of hydrogen-bond donors (Lipinski definition) is 1. The molecule has 0 atom stereocenters. The Morgan fingerprint density at radius 1 is 1.00 bits per heavy atom. The van der Waals surface area contributed by atoms with Gasteiger partial charge in [0.05, 0.1) is 18.7 Å². The van der Waals surface area contributed by atoms with Crippen LogP contribution in [0.1, 0.15) is 59.9 Å². The van der Waals surface area contributed by atoms with Gasteiger partial charge in [0.2, 0.25) is 0 Å². The fraction of sp³-hybridized carbons (Fsp3) is 0.364. The summed E-state index contributed by atoms with van der Waals surface area (Å²) in [4.78, 5) is 16.1. The van der Waals surface area contributed by atoms with E-state index in [0.29, 0.717) is 35.3 Å². The van der Waals surface area contributed by atoms with Crippen LogP contribution >= 0.6 is 0 Å². The van der Waals surface area contributed by atoms with Gasteiger partial charge in [-0.05, 0) is 88.0 Å². The van der Waals surface area contributed by atoms with Gasteiger partial charge in [0, 0.05) is 28.6 Å². The lowest BCUT2D eigenvalue weighted by atomic mass is 9.89. The van der Waals surface area contributed by atoms with Crippen molar-refractivity contribution in [2.75, 3.05) is 13.7 Å². The first kappa shape index (κ1) is 28.7. The molecule has 0 bridgehead atoms. The van der Waals surface area contributed by atoms with Gasteiger partial charge in [-0.2, -0.15) is 13.2 Å². The minimum Gasteiger partial charge on any atom is -0.494 e. The van der Waals surface area contributed by atoms with E-state index in [1.54, 1.807) is 0 Å². The van der Waals surface area contributed by atoms with Crippen molar-refractivity contribution in [2.45, 2.75) is 64.3 Å². The van der Waals surface area contributed by atoms with Crippen molar-refractivity contribution >= 4 is 16.9 Å². The van der Waals surface area contributed by atoms with E-state index < -0.39 is 11.7 Å². The third-order valence-electron chi connectivity index (χ3n) is 8.09. The fourth-order valence-corrected chi connectivity index (χ4v) is 5.77. The van der Waals surface area contributed by atoms with Crippen molar-refractivity contribution in [2.24, 2.45) is 0 Å². The molecule has 3 aromatic carbocycles. The molecule has 4 aromatic rings. The van der Waals surface area contributed by atoms with E-state index in [0.717, 1.165) is 59.9 Å². The largest absolute Gasteiger partial charge is 0.494 e. The quantitative estimate of drug-likeness (QED) is 0.236. The highest BCUT2D eigenvalue weighted by Gasteiger charge is 2.33. The number of hydrogen-bond acceptors (Lipinski definition) is 4. The molecule has 0 spiro atoms. The summed E-state index contributed by atoms with van der Waals surface area (Å²) in [6, 6.07) is 18.8. The van der Waals surface area contributed by atoms with E-state index in [4.69, 9.17) is 9.15 Å². The molecule has 0 saturated heterocycles. The Labute approximate surface area is 238 Å². The number of para-hydroxylation sites is 1. The Bertz CT molecular complexity index is 1500. The number of nitrogens with one attached hydrogen (secondary N) is 1. The van der Waals surface area contributed by atoms with Crippen LogP contribution in [0.5, 0.6) is 5.75 Å². The number of nitrogens with zero attached hydrogens (tertiary/aromatic N) is 1. The van der Waals surface area contributed by atoms with E-state index in [1.165, 1.54) is 12.1 Å². The second-order valence-corrected chi connectivity index (χ2v) is 10.6. The predicted molar refractivity (Wildman–Crippen MR) is 154 cm³/mol. The molecule has 0 radical (unpaired) electrons. The fourth-order valence-electron chi connectivity index (χ4n) is 5.77. The average molecular weight is 565 g/mol. The maximum atomic E-state index is 14.2. The highest BCUT2D eigenvalue weighted by Crippen LogP contribution is 2.35. The summed E-state index contributed by atoms with van der Waals surface area (Å²) in [5, 5.41) is 4.26. The third-order valence-corrected chi connectivity index (χ3v) is 8.09. The van der Waals surface area contributed by atoms with Gasteiger partial charge in [0.25, 0.3) is 5.91 Å².